The molecule has 0 saturated carbocycles. The fourth-order valence-electron chi connectivity index (χ4n) is 1.88. The molecule has 90 valence electrons. The lowest BCUT2D eigenvalue weighted by atomic mass is 10.1. The van der Waals surface area contributed by atoms with Gasteiger partial charge in [-0.05, 0) is 30.5 Å². The van der Waals surface area contributed by atoms with Gasteiger partial charge in [0.2, 0.25) is 0 Å². The third-order valence-corrected chi connectivity index (χ3v) is 2.86. The van der Waals surface area contributed by atoms with Crippen LogP contribution in [0.4, 0.5) is 10.1 Å². The highest BCUT2D eigenvalue weighted by molar-refractivity contribution is 6.52. The molecule has 0 N–H and O–H groups in total. The van der Waals surface area contributed by atoms with Crippen LogP contribution in [0, 0.1) is 11.7 Å². The van der Waals surface area contributed by atoms with Crippen molar-refractivity contribution in [1.82, 2.24) is 0 Å². The third-order valence-electron chi connectivity index (χ3n) is 2.86. The zero-order valence-corrected chi connectivity index (χ0v) is 9.87. The molecule has 0 aromatic heterocycles. The van der Waals surface area contributed by atoms with Crippen molar-refractivity contribution in [2.24, 2.45) is 5.92 Å². The van der Waals surface area contributed by atoms with Crippen molar-refractivity contribution in [3.05, 3.63) is 29.6 Å². The average Bonchev–Trinajstić information content (AvgIpc) is 2.50. The normalized spacial score (nSPS) is 14.7. The van der Waals surface area contributed by atoms with E-state index in [1.54, 1.807) is 0 Å². The molecule has 0 radical (unpaired) electrons. The van der Waals surface area contributed by atoms with E-state index in [2.05, 4.69) is 0 Å². The zero-order chi connectivity index (χ0) is 12.6. The molecule has 1 aliphatic heterocycles. The Morgan fingerprint density at radius 3 is 2.65 bits per heavy atom. The summed E-state index contributed by atoms with van der Waals surface area (Å²) >= 11 is 0. The van der Waals surface area contributed by atoms with E-state index in [1.807, 2.05) is 13.8 Å². The monoisotopic (exact) mass is 235 g/mol. The third kappa shape index (κ3) is 2.07. The van der Waals surface area contributed by atoms with Crippen LogP contribution in [0.2, 0.25) is 0 Å². The molecule has 2 rings (SSSR count). The van der Waals surface area contributed by atoms with Gasteiger partial charge in [-0.2, -0.15) is 0 Å². The minimum Gasteiger partial charge on any atom is -0.305 e. The SMILES string of the molecule is CC(C)CCN1C(=O)C(=O)c2cc(F)ccc21. The van der Waals surface area contributed by atoms with Gasteiger partial charge in [0.15, 0.2) is 0 Å². The number of amides is 1. The van der Waals surface area contributed by atoms with E-state index in [0.717, 1.165) is 12.5 Å². The Kier molecular flexibility index (Phi) is 2.96. The molecule has 17 heavy (non-hydrogen) atoms. The van der Waals surface area contributed by atoms with E-state index in [1.165, 1.54) is 17.0 Å². The number of Topliss-reactive ketones (excluding diaryl/α,β-unsaturated/α-hetero) is 1. The number of nitrogens with zero attached hydrogens (tertiary/aromatic N) is 1. The van der Waals surface area contributed by atoms with Crippen molar-refractivity contribution in [2.75, 3.05) is 11.4 Å². The maximum Gasteiger partial charge on any atom is 0.299 e. The highest BCUT2D eigenvalue weighted by Gasteiger charge is 2.35. The maximum absolute atomic E-state index is 13.0. The van der Waals surface area contributed by atoms with Crippen molar-refractivity contribution < 1.29 is 14.0 Å². The van der Waals surface area contributed by atoms with Crippen LogP contribution in [0.3, 0.4) is 0 Å². The summed E-state index contributed by atoms with van der Waals surface area (Å²) in [6.07, 6.45) is 0.815. The number of benzene rings is 1. The van der Waals surface area contributed by atoms with Gasteiger partial charge in [0.05, 0.1) is 11.3 Å². The lowest BCUT2D eigenvalue weighted by Gasteiger charge is -2.17. The highest BCUT2D eigenvalue weighted by atomic mass is 19.1. The van der Waals surface area contributed by atoms with Gasteiger partial charge < -0.3 is 4.90 Å². The molecular formula is C13H14FNO2. The molecule has 0 atom stereocenters. The Labute approximate surface area is 99.2 Å². The average molecular weight is 235 g/mol. The molecule has 1 aromatic rings. The number of fused-ring (bicyclic) bond motifs is 1. The summed E-state index contributed by atoms with van der Waals surface area (Å²) in [5.74, 6) is -1.20. The first-order chi connectivity index (χ1) is 8.00. The largest absolute Gasteiger partial charge is 0.305 e. The molecule has 1 aliphatic rings. The lowest BCUT2D eigenvalue weighted by Crippen LogP contribution is -2.31. The number of hydrogen-bond donors (Lipinski definition) is 0. The molecule has 0 spiro atoms. The molecule has 0 saturated heterocycles. The van der Waals surface area contributed by atoms with E-state index in [-0.39, 0.29) is 5.56 Å². The predicted molar refractivity (Wildman–Crippen MR) is 62.5 cm³/mol. The molecule has 0 bridgehead atoms. The van der Waals surface area contributed by atoms with E-state index in [4.69, 9.17) is 0 Å². The predicted octanol–water partition coefficient (Wildman–Crippen LogP) is 2.40. The fourth-order valence-corrected chi connectivity index (χ4v) is 1.88. The molecule has 1 amide bonds. The number of rotatable bonds is 3. The van der Waals surface area contributed by atoms with Crippen LogP contribution in [0.5, 0.6) is 0 Å². The van der Waals surface area contributed by atoms with Crippen LogP contribution in [-0.2, 0) is 4.79 Å². The summed E-state index contributed by atoms with van der Waals surface area (Å²) in [7, 11) is 0. The van der Waals surface area contributed by atoms with Gasteiger partial charge in [-0.25, -0.2) is 4.39 Å². The zero-order valence-electron chi connectivity index (χ0n) is 9.87. The summed E-state index contributed by atoms with van der Waals surface area (Å²) in [5.41, 5.74) is 0.709. The molecule has 1 aromatic carbocycles. The van der Waals surface area contributed by atoms with E-state index in [0.29, 0.717) is 18.2 Å². The molecule has 0 unspecified atom stereocenters. The maximum atomic E-state index is 13.0. The Morgan fingerprint density at radius 1 is 1.29 bits per heavy atom. The Morgan fingerprint density at radius 2 is 2.00 bits per heavy atom. The first-order valence-corrected chi connectivity index (χ1v) is 5.66. The summed E-state index contributed by atoms with van der Waals surface area (Å²) in [6.45, 7) is 4.60. The highest BCUT2D eigenvalue weighted by Crippen LogP contribution is 2.29. The smallest absolute Gasteiger partial charge is 0.299 e. The Bertz CT molecular complexity index is 482. The van der Waals surface area contributed by atoms with E-state index in [9.17, 15) is 14.0 Å². The lowest BCUT2D eigenvalue weighted by molar-refractivity contribution is -0.114. The first-order valence-electron chi connectivity index (χ1n) is 5.66. The van der Waals surface area contributed by atoms with Gasteiger partial charge in [0.1, 0.15) is 5.82 Å². The molecule has 3 nitrogen and oxygen atoms in total. The van der Waals surface area contributed by atoms with Crippen molar-refractivity contribution >= 4 is 17.4 Å². The van der Waals surface area contributed by atoms with Crippen LogP contribution >= 0.6 is 0 Å². The second-order valence-corrected chi connectivity index (χ2v) is 4.63. The minimum atomic E-state index is -0.608. The molecule has 1 heterocycles. The van der Waals surface area contributed by atoms with Crippen molar-refractivity contribution in [1.29, 1.82) is 0 Å². The van der Waals surface area contributed by atoms with Gasteiger partial charge >= 0.3 is 0 Å². The first kappa shape index (κ1) is 11.8. The van der Waals surface area contributed by atoms with Gasteiger partial charge in [-0.3, -0.25) is 9.59 Å². The molecule has 0 aliphatic carbocycles. The number of anilines is 1. The topological polar surface area (TPSA) is 37.4 Å². The number of carbonyl (C=O) groups excluding carboxylic acids is 2. The Balaban J connectivity index is 2.31. The van der Waals surface area contributed by atoms with Crippen molar-refractivity contribution in [2.45, 2.75) is 20.3 Å². The summed E-state index contributed by atoms with van der Waals surface area (Å²) < 4.78 is 13.0. The van der Waals surface area contributed by atoms with Crippen molar-refractivity contribution in [3.63, 3.8) is 0 Å². The number of carbonyl (C=O) groups is 2. The van der Waals surface area contributed by atoms with Gasteiger partial charge in [0.25, 0.3) is 11.7 Å². The summed E-state index contributed by atoms with van der Waals surface area (Å²) in [6, 6.07) is 3.89. The van der Waals surface area contributed by atoms with E-state index >= 15 is 0 Å². The minimum absolute atomic E-state index is 0.179. The standard InChI is InChI=1S/C13H14FNO2/c1-8(2)5-6-15-11-4-3-9(14)7-10(11)12(16)13(15)17/h3-4,7-8H,5-6H2,1-2H3. The number of ketones is 1. The van der Waals surface area contributed by atoms with Gasteiger partial charge in [-0.15, -0.1) is 0 Å². The number of hydrogen-bond acceptors (Lipinski definition) is 2. The number of halogens is 1. The van der Waals surface area contributed by atoms with Gasteiger partial charge in [0, 0.05) is 6.54 Å². The second kappa shape index (κ2) is 4.28. The van der Waals surface area contributed by atoms with Crippen LogP contribution in [0.15, 0.2) is 18.2 Å². The van der Waals surface area contributed by atoms with E-state index < -0.39 is 17.5 Å². The summed E-state index contributed by atoms with van der Waals surface area (Å²) in [5, 5.41) is 0. The fraction of sp³-hybridized carbons (Fsp3) is 0.385. The summed E-state index contributed by atoms with van der Waals surface area (Å²) in [4.78, 5) is 24.8. The quantitative estimate of drug-likeness (QED) is 0.754. The van der Waals surface area contributed by atoms with Crippen molar-refractivity contribution in [3.8, 4) is 0 Å². The Hall–Kier alpha value is -1.71. The molecule has 0 fully saturated rings. The van der Waals surface area contributed by atoms with Crippen LogP contribution in [0.25, 0.3) is 0 Å². The molecular weight excluding hydrogens is 221 g/mol. The second-order valence-electron chi connectivity index (χ2n) is 4.63. The molecule has 4 heteroatoms. The van der Waals surface area contributed by atoms with Crippen LogP contribution < -0.4 is 4.90 Å². The van der Waals surface area contributed by atoms with Gasteiger partial charge in [-0.1, -0.05) is 13.8 Å². The van der Waals surface area contributed by atoms with Crippen LogP contribution in [0.1, 0.15) is 30.6 Å². The van der Waals surface area contributed by atoms with Crippen LogP contribution in [-0.4, -0.2) is 18.2 Å².